The molecule has 0 saturated heterocycles. The van der Waals surface area contributed by atoms with Gasteiger partial charge in [-0.25, -0.2) is 0 Å². The monoisotopic (exact) mass is 570 g/mol. The third-order valence-corrected chi connectivity index (χ3v) is 6.85. The number of ketones is 1. The molecule has 0 saturated carbocycles. The Hall–Kier alpha value is 0.810. The Balaban J connectivity index is 2.80. The highest BCUT2D eigenvalue weighted by atomic mass is 79.9. The van der Waals surface area contributed by atoms with Gasteiger partial charge in [-0.1, -0.05) is 101 Å². The molecular formula is C15H6Br2Cl6O. The quantitative estimate of drug-likeness (QED) is 0.203. The van der Waals surface area contributed by atoms with Crippen molar-refractivity contribution in [3.8, 4) is 0 Å². The first-order chi connectivity index (χ1) is 11.2. The lowest BCUT2D eigenvalue weighted by atomic mass is 9.99. The van der Waals surface area contributed by atoms with E-state index in [2.05, 4.69) is 31.9 Å². The number of benzene rings is 2. The van der Waals surface area contributed by atoms with Gasteiger partial charge in [-0.2, -0.15) is 0 Å². The first-order valence-corrected chi connectivity index (χ1v) is 10.7. The molecule has 2 aromatic carbocycles. The summed E-state index contributed by atoms with van der Waals surface area (Å²) in [6.07, 6.45) is 0. The molecule has 0 amide bonds. The molecule has 0 fully saturated rings. The molecule has 0 radical (unpaired) electrons. The van der Waals surface area contributed by atoms with E-state index >= 15 is 0 Å². The van der Waals surface area contributed by atoms with Crippen molar-refractivity contribution >= 4 is 107 Å². The van der Waals surface area contributed by atoms with Crippen LogP contribution in [0.4, 0.5) is 0 Å². The van der Waals surface area contributed by atoms with E-state index in [1.807, 2.05) is 0 Å². The summed E-state index contributed by atoms with van der Waals surface area (Å²) in [7, 11) is 0. The first-order valence-electron chi connectivity index (χ1n) is 6.23. The lowest BCUT2D eigenvalue weighted by molar-refractivity contribution is 0.103. The van der Waals surface area contributed by atoms with Crippen molar-refractivity contribution in [3.63, 3.8) is 0 Å². The number of hydrogen-bond acceptors (Lipinski definition) is 1. The smallest absolute Gasteiger partial charge is 0.199 e. The molecule has 0 spiro atoms. The summed E-state index contributed by atoms with van der Waals surface area (Å²) >= 11 is 43.9. The average molecular weight is 575 g/mol. The van der Waals surface area contributed by atoms with Crippen LogP contribution in [-0.4, -0.2) is 5.78 Å². The van der Waals surface area contributed by atoms with Gasteiger partial charge in [-0.3, -0.25) is 4.79 Å². The van der Waals surface area contributed by atoms with Crippen molar-refractivity contribution in [2.24, 2.45) is 0 Å². The molecule has 0 aromatic heterocycles. The van der Waals surface area contributed by atoms with Crippen molar-refractivity contribution in [1.29, 1.82) is 0 Å². The van der Waals surface area contributed by atoms with Gasteiger partial charge >= 0.3 is 0 Å². The Morgan fingerprint density at radius 3 is 1.33 bits per heavy atom. The minimum absolute atomic E-state index is 0.0314. The summed E-state index contributed by atoms with van der Waals surface area (Å²) in [6, 6.07) is 3.17. The fraction of sp³-hybridized carbons (Fsp3) is 0.133. The van der Waals surface area contributed by atoms with Crippen LogP contribution in [0.25, 0.3) is 0 Å². The molecule has 0 aliphatic carbocycles. The molecule has 0 heterocycles. The number of carbonyl (C=O) groups is 1. The minimum atomic E-state index is -0.547. The highest BCUT2D eigenvalue weighted by molar-refractivity contribution is 9.08. The Morgan fingerprint density at radius 2 is 1.04 bits per heavy atom. The molecule has 0 atom stereocenters. The van der Waals surface area contributed by atoms with Crippen molar-refractivity contribution in [2.45, 2.75) is 10.7 Å². The summed E-state index contributed by atoms with van der Waals surface area (Å²) in [5.41, 5.74) is 1.30. The van der Waals surface area contributed by atoms with Crippen LogP contribution in [0.15, 0.2) is 12.1 Å². The number of carbonyl (C=O) groups excluding carboxylic acids is 1. The summed E-state index contributed by atoms with van der Waals surface area (Å²) in [6.45, 7) is 0. The molecular weight excluding hydrogens is 569 g/mol. The average Bonchev–Trinajstić information content (AvgIpc) is 2.54. The normalized spacial score (nSPS) is 11.0. The van der Waals surface area contributed by atoms with E-state index in [0.29, 0.717) is 21.8 Å². The molecule has 0 aliphatic rings. The molecule has 0 aliphatic heterocycles. The number of hydrogen-bond donors (Lipinski definition) is 0. The third kappa shape index (κ3) is 3.89. The van der Waals surface area contributed by atoms with E-state index in [4.69, 9.17) is 69.6 Å². The second kappa shape index (κ2) is 8.67. The van der Waals surface area contributed by atoms with Crippen molar-refractivity contribution in [3.05, 3.63) is 64.5 Å². The Bertz CT molecular complexity index is 770. The molecule has 1 nitrogen and oxygen atoms in total. The summed E-state index contributed by atoms with van der Waals surface area (Å²) < 4.78 is 0. The maximum Gasteiger partial charge on any atom is 0.199 e. The number of rotatable bonds is 4. The molecule has 24 heavy (non-hydrogen) atoms. The van der Waals surface area contributed by atoms with E-state index in [1.54, 1.807) is 12.1 Å². The van der Waals surface area contributed by atoms with Gasteiger partial charge < -0.3 is 0 Å². The van der Waals surface area contributed by atoms with Crippen molar-refractivity contribution in [1.82, 2.24) is 0 Å². The predicted molar refractivity (Wildman–Crippen MR) is 112 cm³/mol. The van der Waals surface area contributed by atoms with Gasteiger partial charge in [0.05, 0.1) is 41.3 Å². The van der Waals surface area contributed by atoms with Crippen LogP contribution < -0.4 is 0 Å². The first kappa shape index (κ1) is 21.1. The molecule has 2 aromatic rings. The van der Waals surface area contributed by atoms with Crippen LogP contribution in [0.3, 0.4) is 0 Å². The molecule has 2 rings (SSSR count). The SMILES string of the molecule is O=C(c1c(Cl)c(Cl)cc(CBr)c1Cl)c1c(Cl)c(Cl)cc(CBr)c1Cl. The maximum atomic E-state index is 13.1. The Kier molecular flexibility index (Phi) is 7.62. The van der Waals surface area contributed by atoms with Crippen molar-refractivity contribution < 1.29 is 4.79 Å². The fourth-order valence-corrected chi connectivity index (χ4v) is 4.86. The zero-order valence-corrected chi connectivity index (χ0v) is 19.2. The highest BCUT2D eigenvalue weighted by Crippen LogP contribution is 2.41. The molecule has 128 valence electrons. The Labute approximate surface area is 185 Å². The van der Waals surface area contributed by atoms with Crippen LogP contribution in [0.1, 0.15) is 27.0 Å². The molecule has 0 unspecified atom stereocenters. The van der Waals surface area contributed by atoms with Crippen LogP contribution in [0.2, 0.25) is 30.1 Å². The zero-order valence-electron chi connectivity index (χ0n) is 11.5. The van der Waals surface area contributed by atoms with Gasteiger partial charge in [0.15, 0.2) is 5.78 Å². The van der Waals surface area contributed by atoms with E-state index in [9.17, 15) is 4.79 Å². The molecule has 0 N–H and O–H groups in total. The zero-order chi connectivity index (χ0) is 18.2. The van der Waals surface area contributed by atoms with Gasteiger partial charge in [0.2, 0.25) is 0 Å². The van der Waals surface area contributed by atoms with Crippen molar-refractivity contribution in [2.75, 3.05) is 0 Å². The summed E-state index contributed by atoms with van der Waals surface area (Å²) in [5, 5.41) is 1.62. The number of halogens is 8. The second-order valence-corrected chi connectivity index (χ2v) is 8.09. The van der Waals surface area contributed by atoms with E-state index in [0.717, 1.165) is 0 Å². The predicted octanol–water partition coefficient (Wildman–Crippen LogP) is 8.63. The van der Waals surface area contributed by atoms with E-state index in [1.165, 1.54) is 0 Å². The third-order valence-electron chi connectivity index (χ3n) is 3.21. The second-order valence-electron chi connectivity index (χ2n) is 4.64. The maximum absolute atomic E-state index is 13.1. The van der Waals surface area contributed by atoms with Gasteiger partial charge in [0, 0.05) is 10.7 Å². The van der Waals surface area contributed by atoms with Gasteiger partial charge in [0.25, 0.3) is 0 Å². The van der Waals surface area contributed by atoms with Gasteiger partial charge in [0.1, 0.15) is 0 Å². The largest absolute Gasteiger partial charge is 0.288 e. The summed E-state index contributed by atoms with van der Waals surface area (Å²) in [4.78, 5) is 13.1. The fourth-order valence-electron chi connectivity index (χ4n) is 2.03. The lowest BCUT2D eigenvalue weighted by Gasteiger charge is -2.15. The lowest BCUT2D eigenvalue weighted by Crippen LogP contribution is -2.08. The van der Waals surface area contributed by atoms with Crippen LogP contribution in [-0.2, 0) is 10.7 Å². The molecule has 9 heteroatoms. The number of alkyl halides is 2. The van der Waals surface area contributed by atoms with E-state index in [-0.39, 0.29) is 41.3 Å². The van der Waals surface area contributed by atoms with Crippen LogP contribution in [0, 0.1) is 0 Å². The topological polar surface area (TPSA) is 17.1 Å². The van der Waals surface area contributed by atoms with Gasteiger partial charge in [-0.15, -0.1) is 0 Å². The van der Waals surface area contributed by atoms with Crippen LogP contribution in [0.5, 0.6) is 0 Å². The molecule has 0 bridgehead atoms. The standard InChI is InChI=1S/C15H6Br2Cl6O/c16-3-5-1-7(18)13(22)9(11(5)20)15(24)10-12(21)6(4-17)2-8(19)14(10)23/h1-2H,3-4H2. The Morgan fingerprint density at radius 1 is 0.708 bits per heavy atom. The minimum Gasteiger partial charge on any atom is -0.288 e. The van der Waals surface area contributed by atoms with E-state index < -0.39 is 5.78 Å². The van der Waals surface area contributed by atoms with Gasteiger partial charge in [-0.05, 0) is 23.3 Å². The summed E-state index contributed by atoms with van der Waals surface area (Å²) in [5.74, 6) is -0.547. The van der Waals surface area contributed by atoms with Crippen LogP contribution >= 0.6 is 101 Å². The highest BCUT2D eigenvalue weighted by Gasteiger charge is 2.27.